The Hall–Kier alpha value is -4.45. The minimum atomic E-state index is -0.890. The molecule has 1 unspecified atom stereocenters. The van der Waals surface area contributed by atoms with Gasteiger partial charge in [0, 0.05) is 30.2 Å². The minimum Gasteiger partial charge on any atom is -0.483 e. The third kappa shape index (κ3) is 4.52. The van der Waals surface area contributed by atoms with Crippen LogP contribution in [0.5, 0.6) is 5.75 Å². The van der Waals surface area contributed by atoms with Crippen LogP contribution in [0.25, 0.3) is 11.1 Å². The maximum absolute atomic E-state index is 13.5. The van der Waals surface area contributed by atoms with Crippen LogP contribution in [0.1, 0.15) is 17.2 Å². The Bertz CT molecular complexity index is 1310. The molecule has 1 N–H and O–H groups in total. The number of nitrogens with zero attached hydrogens (tertiary/aromatic N) is 2. The van der Waals surface area contributed by atoms with Crippen molar-refractivity contribution >= 4 is 17.5 Å². The zero-order valence-corrected chi connectivity index (χ0v) is 18.4. The van der Waals surface area contributed by atoms with Crippen molar-refractivity contribution in [2.75, 3.05) is 11.9 Å². The number of hydrogen-bond acceptors (Lipinski definition) is 4. The number of nitrogens with one attached hydrogen (secondary N) is 1. The maximum Gasteiger partial charge on any atom is 0.261 e. The van der Waals surface area contributed by atoms with Gasteiger partial charge in [0.1, 0.15) is 11.8 Å². The van der Waals surface area contributed by atoms with Crippen molar-refractivity contribution in [1.82, 2.24) is 9.88 Å². The quantitative estimate of drug-likeness (QED) is 0.473. The summed E-state index contributed by atoms with van der Waals surface area (Å²) in [6, 6.07) is 28.0. The molecule has 1 aliphatic heterocycles. The number of aromatic nitrogens is 1. The first-order valence-electron chi connectivity index (χ1n) is 11.1. The molecule has 168 valence electrons. The largest absolute Gasteiger partial charge is 0.483 e. The molecule has 1 atom stereocenters. The first kappa shape index (κ1) is 21.4. The lowest BCUT2D eigenvalue weighted by atomic mass is 10.0. The summed E-state index contributed by atoms with van der Waals surface area (Å²) in [6.07, 6.45) is 3.19. The fraction of sp³-hybridized carbons (Fsp3) is 0.107. The maximum atomic E-state index is 13.5. The number of rotatable bonds is 5. The number of anilines is 1. The van der Waals surface area contributed by atoms with Crippen molar-refractivity contribution in [2.24, 2.45) is 0 Å². The van der Waals surface area contributed by atoms with Gasteiger partial charge in [-0.3, -0.25) is 14.6 Å². The highest BCUT2D eigenvalue weighted by Crippen LogP contribution is 2.34. The molecule has 6 heteroatoms. The molecule has 1 aromatic heterocycles. The lowest BCUT2D eigenvalue weighted by Crippen LogP contribution is -2.41. The molecule has 1 aliphatic rings. The Labute approximate surface area is 197 Å². The highest BCUT2D eigenvalue weighted by atomic mass is 16.5. The Kier molecular flexibility index (Phi) is 6.03. The van der Waals surface area contributed by atoms with Gasteiger partial charge in [-0.05, 0) is 41.0 Å². The van der Waals surface area contributed by atoms with Crippen LogP contribution < -0.4 is 10.1 Å². The van der Waals surface area contributed by atoms with Crippen LogP contribution in [0.3, 0.4) is 0 Å². The summed E-state index contributed by atoms with van der Waals surface area (Å²) < 4.78 is 5.74. The van der Waals surface area contributed by atoms with Crippen molar-refractivity contribution < 1.29 is 14.3 Å². The van der Waals surface area contributed by atoms with E-state index in [1.54, 1.807) is 23.4 Å². The molecule has 2 heterocycles. The minimum absolute atomic E-state index is 0.148. The fourth-order valence-corrected chi connectivity index (χ4v) is 4.14. The Morgan fingerprint density at radius 3 is 2.47 bits per heavy atom. The topological polar surface area (TPSA) is 71.5 Å². The van der Waals surface area contributed by atoms with Gasteiger partial charge in [-0.2, -0.15) is 0 Å². The second-order valence-corrected chi connectivity index (χ2v) is 8.05. The average Bonchev–Trinajstić information content (AvgIpc) is 3.02. The highest BCUT2D eigenvalue weighted by Gasteiger charge is 2.36. The molecule has 0 spiro atoms. The van der Waals surface area contributed by atoms with Crippen LogP contribution in [0, 0.1) is 0 Å². The normalized spacial score (nSPS) is 15.1. The third-order valence-corrected chi connectivity index (χ3v) is 5.76. The predicted molar refractivity (Wildman–Crippen MR) is 130 cm³/mol. The number of fused-ring (bicyclic) bond motifs is 1. The second kappa shape index (κ2) is 9.58. The van der Waals surface area contributed by atoms with Crippen LogP contribution in [0.4, 0.5) is 5.69 Å². The Balaban J connectivity index is 1.51. The number of para-hydroxylation sites is 1. The highest BCUT2D eigenvalue weighted by molar-refractivity contribution is 5.98. The summed E-state index contributed by atoms with van der Waals surface area (Å²) in [5.74, 6) is -0.106. The van der Waals surface area contributed by atoms with Gasteiger partial charge in [0.15, 0.2) is 6.61 Å². The van der Waals surface area contributed by atoms with E-state index in [1.165, 1.54) is 0 Å². The first-order chi connectivity index (χ1) is 16.7. The molecule has 0 bridgehead atoms. The molecule has 34 heavy (non-hydrogen) atoms. The van der Waals surface area contributed by atoms with Gasteiger partial charge in [-0.25, -0.2) is 0 Å². The van der Waals surface area contributed by atoms with Gasteiger partial charge in [-0.15, -0.1) is 0 Å². The summed E-state index contributed by atoms with van der Waals surface area (Å²) in [5.41, 5.74) is 4.26. The van der Waals surface area contributed by atoms with E-state index in [-0.39, 0.29) is 25.0 Å². The number of carbonyl (C=O) groups is 2. The van der Waals surface area contributed by atoms with E-state index in [0.29, 0.717) is 17.0 Å². The SMILES string of the molecule is O=C(Nc1ccccc1)C1c2cnccc2OCC(=O)N1Cc1cccc(-c2ccccc2)c1. The lowest BCUT2D eigenvalue weighted by Gasteiger charge is -2.29. The first-order valence-corrected chi connectivity index (χ1v) is 11.1. The van der Waals surface area contributed by atoms with Gasteiger partial charge < -0.3 is 15.0 Å². The predicted octanol–water partition coefficient (Wildman–Crippen LogP) is 4.85. The molecule has 6 nitrogen and oxygen atoms in total. The van der Waals surface area contributed by atoms with Crippen molar-refractivity contribution in [3.8, 4) is 16.9 Å². The van der Waals surface area contributed by atoms with E-state index in [9.17, 15) is 9.59 Å². The smallest absolute Gasteiger partial charge is 0.261 e. The van der Waals surface area contributed by atoms with E-state index in [4.69, 9.17) is 4.74 Å². The molecule has 0 aliphatic carbocycles. The van der Waals surface area contributed by atoms with Crippen molar-refractivity contribution in [3.63, 3.8) is 0 Å². The third-order valence-electron chi connectivity index (χ3n) is 5.76. The molecule has 4 aromatic rings. The van der Waals surface area contributed by atoms with E-state index in [1.807, 2.05) is 84.9 Å². The Morgan fingerprint density at radius 2 is 1.68 bits per heavy atom. The summed E-state index contributed by atoms with van der Waals surface area (Å²) in [4.78, 5) is 32.5. The number of pyridine rings is 1. The van der Waals surface area contributed by atoms with Crippen molar-refractivity contribution in [2.45, 2.75) is 12.6 Å². The number of carbonyl (C=O) groups excluding carboxylic acids is 2. The molecule has 0 saturated heterocycles. The zero-order chi connectivity index (χ0) is 23.3. The van der Waals surface area contributed by atoms with E-state index < -0.39 is 6.04 Å². The lowest BCUT2D eigenvalue weighted by molar-refractivity contribution is -0.140. The van der Waals surface area contributed by atoms with Gasteiger partial charge in [-0.1, -0.05) is 66.7 Å². The van der Waals surface area contributed by atoms with E-state index in [0.717, 1.165) is 16.7 Å². The van der Waals surface area contributed by atoms with E-state index in [2.05, 4.69) is 10.3 Å². The van der Waals surface area contributed by atoms with Gasteiger partial charge in [0.2, 0.25) is 0 Å². The second-order valence-electron chi connectivity index (χ2n) is 8.05. The summed E-state index contributed by atoms with van der Waals surface area (Å²) in [5, 5.41) is 2.94. The molecule has 0 saturated carbocycles. The molecule has 5 rings (SSSR count). The molecule has 3 aromatic carbocycles. The van der Waals surface area contributed by atoms with Gasteiger partial charge in [0.05, 0.1) is 0 Å². The monoisotopic (exact) mass is 449 g/mol. The summed E-state index contributed by atoms with van der Waals surface area (Å²) >= 11 is 0. The fourth-order valence-electron chi connectivity index (χ4n) is 4.14. The summed E-state index contributed by atoms with van der Waals surface area (Å²) in [6.45, 7) is 0.106. The zero-order valence-electron chi connectivity index (χ0n) is 18.4. The van der Waals surface area contributed by atoms with Crippen LogP contribution in [0.2, 0.25) is 0 Å². The van der Waals surface area contributed by atoms with Crippen molar-refractivity contribution in [3.05, 3.63) is 115 Å². The average molecular weight is 450 g/mol. The van der Waals surface area contributed by atoms with Crippen molar-refractivity contribution in [1.29, 1.82) is 0 Å². The molecular formula is C28H23N3O3. The van der Waals surface area contributed by atoms with Crippen LogP contribution >= 0.6 is 0 Å². The van der Waals surface area contributed by atoms with Gasteiger partial charge in [0.25, 0.3) is 11.8 Å². The Morgan fingerprint density at radius 1 is 0.941 bits per heavy atom. The number of amides is 2. The molecular weight excluding hydrogens is 426 g/mol. The summed E-state index contributed by atoms with van der Waals surface area (Å²) in [7, 11) is 0. The standard InChI is InChI=1S/C28H23N3O3/c32-26-19-34-25-14-15-29-17-24(25)27(28(33)30-23-12-5-2-6-13-23)31(26)18-20-8-7-11-22(16-20)21-9-3-1-4-10-21/h1-17,27H,18-19H2,(H,30,33). The number of hydrogen-bond donors (Lipinski definition) is 1. The number of ether oxygens (including phenoxy) is 1. The van der Waals surface area contributed by atoms with Crippen LogP contribution in [-0.4, -0.2) is 28.3 Å². The van der Waals surface area contributed by atoms with E-state index >= 15 is 0 Å². The molecule has 2 amide bonds. The van der Waals surface area contributed by atoms with Crippen LogP contribution in [-0.2, 0) is 16.1 Å². The van der Waals surface area contributed by atoms with Gasteiger partial charge >= 0.3 is 0 Å². The molecule has 0 radical (unpaired) electrons. The number of benzene rings is 3. The van der Waals surface area contributed by atoms with Crippen LogP contribution in [0.15, 0.2) is 103 Å². The molecule has 0 fully saturated rings.